The molecule has 0 aliphatic rings. The van der Waals surface area contributed by atoms with E-state index in [1.54, 1.807) is 11.8 Å². The van der Waals surface area contributed by atoms with Crippen molar-refractivity contribution < 1.29 is 4.79 Å². The second-order valence-electron chi connectivity index (χ2n) is 4.93. The van der Waals surface area contributed by atoms with Gasteiger partial charge in [0.25, 0.3) is 0 Å². The van der Waals surface area contributed by atoms with Crippen molar-refractivity contribution in [2.24, 2.45) is 5.73 Å². The van der Waals surface area contributed by atoms with Crippen molar-refractivity contribution in [3.8, 4) is 0 Å². The maximum atomic E-state index is 11.8. The number of hydrogen-bond acceptors (Lipinski definition) is 3. The number of carbonyl (C=O) groups excluding carboxylic acids is 1. The first-order valence-corrected chi connectivity index (χ1v) is 8.66. The fraction of sp³-hybridized carbons (Fsp3) is 0.400. The molecule has 0 spiro atoms. The van der Waals surface area contributed by atoms with E-state index in [2.05, 4.69) is 10.3 Å². The van der Waals surface area contributed by atoms with E-state index in [-0.39, 0.29) is 18.3 Å². The third-order valence-electron chi connectivity index (χ3n) is 3.39. The Balaban J connectivity index is 0.00000242. The lowest BCUT2D eigenvalue weighted by molar-refractivity contribution is -0.122. The van der Waals surface area contributed by atoms with Crippen LogP contribution in [0, 0.1) is 0 Å². The highest BCUT2D eigenvalue weighted by Crippen LogP contribution is 2.22. The number of halogens is 2. The van der Waals surface area contributed by atoms with Crippen LogP contribution in [0.5, 0.6) is 0 Å². The summed E-state index contributed by atoms with van der Waals surface area (Å²) in [6.45, 7) is 0.575. The van der Waals surface area contributed by atoms with Crippen LogP contribution in [0.1, 0.15) is 12.0 Å². The van der Waals surface area contributed by atoms with Gasteiger partial charge in [-0.25, -0.2) is 0 Å². The predicted molar refractivity (Wildman–Crippen MR) is 98.2 cm³/mol. The highest BCUT2D eigenvalue weighted by molar-refractivity contribution is 7.98. The predicted octanol–water partition coefficient (Wildman–Crippen LogP) is 2.98. The minimum absolute atomic E-state index is 0. The van der Waals surface area contributed by atoms with E-state index in [9.17, 15) is 4.79 Å². The standard InChI is InChI=1S/C15H20ClN3OS.ClH/c1-21-7-5-13(17)15(20)18-6-4-10-9-19-14-3-2-11(16)8-12(10)14;/h2-3,8-9,13,19H,4-7,17H2,1H3,(H,18,20);1H/t13-;/m0./s1. The van der Waals surface area contributed by atoms with Crippen LogP contribution in [0.2, 0.25) is 5.02 Å². The molecule has 2 rings (SSSR count). The smallest absolute Gasteiger partial charge is 0.236 e. The van der Waals surface area contributed by atoms with E-state index < -0.39 is 6.04 Å². The number of amides is 1. The van der Waals surface area contributed by atoms with Crippen LogP contribution in [0.3, 0.4) is 0 Å². The Hall–Kier alpha value is -0.880. The summed E-state index contributed by atoms with van der Waals surface area (Å²) in [5.74, 6) is 0.817. The molecule has 1 atom stereocenters. The van der Waals surface area contributed by atoms with Crippen LogP contribution in [-0.2, 0) is 11.2 Å². The number of nitrogens with two attached hydrogens (primary N) is 1. The fourth-order valence-electron chi connectivity index (χ4n) is 2.18. The van der Waals surface area contributed by atoms with Crippen molar-refractivity contribution >= 4 is 52.6 Å². The normalized spacial score (nSPS) is 12.0. The minimum atomic E-state index is -0.421. The molecule has 0 saturated heterocycles. The maximum absolute atomic E-state index is 11.8. The number of nitrogens with one attached hydrogen (secondary N) is 2. The van der Waals surface area contributed by atoms with Gasteiger partial charge in [0.05, 0.1) is 6.04 Å². The van der Waals surface area contributed by atoms with Crippen LogP contribution in [-0.4, -0.2) is 35.5 Å². The van der Waals surface area contributed by atoms with E-state index >= 15 is 0 Å². The Labute approximate surface area is 146 Å². The monoisotopic (exact) mass is 361 g/mol. The SMILES string of the molecule is CSCC[C@H](N)C(=O)NCCc1c[nH]c2ccc(Cl)cc12.Cl. The summed E-state index contributed by atoms with van der Waals surface area (Å²) >= 11 is 7.72. The first kappa shape index (κ1) is 19.2. The van der Waals surface area contributed by atoms with Crippen molar-refractivity contribution in [1.82, 2.24) is 10.3 Å². The van der Waals surface area contributed by atoms with Gasteiger partial charge in [-0.2, -0.15) is 11.8 Å². The summed E-state index contributed by atoms with van der Waals surface area (Å²) in [5, 5.41) is 4.70. The molecule has 0 aliphatic carbocycles. The van der Waals surface area contributed by atoms with Gasteiger partial charge in [0.1, 0.15) is 0 Å². The van der Waals surface area contributed by atoms with Crippen LogP contribution in [0.4, 0.5) is 0 Å². The Bertz CT molecular complexity index is 618. The summed E-state index contributed by atoms with van der Waals surface area (Å²) in [7, 11) is 0. The van der Waals surface area contributed by atoms with Crippen molar-refractivity contribution in [1.29, 1.82) is 0 Å². The van der Waals surface area contributed by atoms with Gasteiger partial charge in [0.15, 0.2) is 0 Å². The number of rotatable bonds is 7. The average Bonchev–Trinajstić information content (AvgIpc) is 2.87. The van der Waals surface area contributed by atoms with Gasteiger partial charge in [-0.1, -0.05) is 11.6 Å². The summed E-state index contributed by atoms with van der Waals surface area (Å²) in [6.07, 6.45) is 5.42. The van der Waals surface area contributed by atoms with Crippen LogP contribution >= 0.6 is 35.8 Å². The van der Waals surface area contributed by atoms with Gasteiger partial charge in [0, 0.05) is 28.7 Å². The first-order valence-electron chi connectivity index (χ1n) is 6.89. The Kier molecular flexibility index (Phi) is 8.10. The number of hydrogen-bond donors (Lipinski definition) is 3. The number of H-pyrrole nitrogens is 1. The van der Waals surface area contributed by atoms with Crippen LogP contribution in [0.15, 0.2) is 24.4 Å². The van der Waals surface area contributed by atoms with E-state index in [0.717, 1.165) is 28.6 Å². The summed E-state index contributed by atoms with van der Waals surface area (Å²) in [5.41, 5.74) is 8.02. The van der Waals surface area contributed by atoms with Crippen LogP contribution < -0.4 is 11.1 Å². The molecule has 122 valence electrons. The Morgan fingerprint density at radius 1 is 1.50 bits per heavy atom. The van der Waals surface area contributed by atoms with Crippen molar-refractivity contribution in [3.63, 3.8) is 0 Å². The number of benzene rings is 1. The maximum Gasteiger partial charge on any atom is 0.236 e. The third-order valence-corrected chi connectivity index (χ3v) is 4.27. The van der Waals surface area contributed by atoms with E-state index in [1.165, 1.54) is 0 Å². The second-order valence-corrected chi connectivity index (χ2v) is 6.35. The zero-order valence-corrected chi connectivity index (χ0v) is 14.8. The van der Waals surface area contributed by atoms with E-state index in [1.807, 2.05) is 30.7 Å². The highest BCUT2D eigenvalue weighted by atomic mass is 35.5. The van der Waals surface area contributed by atoms with Gasteiger partial charge >= 0.3 is 0 Å². The summed E-state index contributed by atoms with van der Waals surface area (Å²) in [6, 6.07) is 5.33. The zero-order valence-electron chi connectivity index (χ0n) is 12.4. The molecule has 1 aromatic carbocycles. The van der Waals surface area contributed by atoms with Crippen LogP contribution in [0.25, 0.3) is 10.9 Å². The molecule has 4 N–H and O–H groups in total. The molecule has 0 bridgehead atoms. The Morgan fingerprint density at radius 3 is 3.00 bits per heavy atom. The lowest BCUT2D eigenvalue weighted by Gasteiger charge is -2.11. The van der Waals surface area contributed by atoms with Crippen molar-refractivity contribution in [2.45, 2.75) is 18.9 Å². The molecular weight excluding hydrogens is 341 g/mol. The third kappa shape index (κ3) is 5.09. The molecule has 7 heteroatoms. The lowest BCUT2D eigenvalue weighted by Crippen LogP contribution is -2.41. The number of fused-ring (bicyclic) bond motifs is 1. The molecule has 2 aromatic rings. The first-order chi connectivity index (χ1) is 10.1. The fourth-order valence-corrected chi connectivity index (χ4v) is 2.85. The molecule has 1 aromatic heterocycles. The van der Waals surface area contributed by atoms with Crippen molar-refractivity contribution in [2.75, 3.05) is 18.6 Å². The molecule has 0 unspecified atom stereocenters. The van der Waals surface area contributed by atoms with E-state index in [0.29, 0.717) is 18.0 Å². The largest absolute Gasteiger partial charge is 0.361 e. The molecule has 0 fully saturated rings. The van der Waals surface area contributed by atoms with Gasteiger partial charge in [-0.3, -0.25) is 4.79 Å². The Morgan fingerprint density at radius 2 is 2.27 bits per heavy atom. The molecule has 1 heterocycles. The highest BCUT2D eigenvalue weighted by Gasteiger charge is 2.12. The lowest BCUT2D eigenvalue weighted by atomic mass is 10.1. The molecule has 0 radical (unpaired) electrons. The molecule has 22 heavy (non-hydrogen) atoms. The van der Waals surface area contributed by atoms with Gasteiger partial charge < -0.3 is 16.0 Å². The average molecular weight is 362 g/mol. The molecule has 4 nitrogen and oxygen atoms in total. The number of carbonyl (C=O) groups is 1. The molecular formula is C15H21Cl2N3OS. The minimum Gasteiger partial charge on any atom is -0.361 e. The topological polar surface area (TPSA) is 70.9 Å². The zero-order chi connectivity index (χ0) is 15.2. The second kappa shape index (κ2) is 9.30. The molecule has 0 saturated carbocycles. The summed E-state index contributed by atoms with van der Waals surface area (Å²) in [4.78, 5) is 15.0. The van der Waals surface area contributed by atoms with E-state index in [4.69, 9.17) is 17.3 Å². The van der Waals surface area contributed by atoms with Gasteiger partial charge in [0.2, 0.25) is 5.91 Å². The number of aromatic nitrogens is 1. The number of thioether (sulfide) groups is 1. The quantitative estimate of drug-likeness (QED) is 0.709. The summed E-state index contributed by atoms with van der Waals surface area (Å²) < 4.78 is 0. The molecule has 1 amide bonds. The van der Waals surface area contributed by atoms with Gasteiger partial charge in [-0.05, 0) is 48.6 Å². The van der Waals surface area contributed by atoms with Gasteiger partial charge in [-0.15, -0.1) is 12.4 Å². The van der Waals surface area contributed by atoms with Crippen molar-refractivity contribution in [3.05, 3.63) is 35.0 Å². The number of aromatic amines is 1. The molecule has 0 aliphatic heterocycles.